The van der Waals surface area contributed by atoms with Crippen molar-refractivity contribution in [3.05, 3.63) is 77.0 Å². The van der Waals surface area contributed by atoms with Crippen LogP contribution in [0.25, 0.3) is 23.0 Å². The summed E-state index contributed by atoms with van der Waals surface area (Å²) in [7, 11) is 0. The Balaban J connectivity index is 1.84. The van der Waals surface area contributed by atoms with Crippen LogP contribution in [0.2, 0.25) is 5.02 Å². The molecule has 138 valence electrons. The predicted molar refractivity (Wildman–Crippen MR) is 111 cm³/mol. The number of nitrogens with zero attached hydrogens (tertiary/aromatic N) is 2. The molecule has 0 spiro atoms. The second-order valence-electron chi connectivity index (χ2n) is 6.02. The number of thiocarbonyl (C=S) groups is 1. The molecule has 1 aliphatic heterocycles. The molecule has 0 atom stereocenters. The van der Waals surface area contributed by atoms with Crippen LogP contribution in [0.1, 0.15) is 5.56 Å². The Morgan fingerprint density at radius 3 is 2.25 bits per heavy atom. The van der Waals surface area contributed by atoms with Gasteiger partial charge in [0.2, 0.25) is 0 Å². The number of halogens is 1. The summed E-state index contributed by atoms with van der Waals surface area (Å²) in [6.45, 7) is 0. The van der Waals surface area contributed by atoms with Gasteiger partial charge in [-0.1, -0.05) is 41.9 Å². The fourth-order valence-corrected chi connectivity index (χ4v) is 3.11. The van der Waals surface area contributed by atoms with Gasteiger partial charge in [0.25, 0.3) is 11.8 Å². The van der Waals surface area contributed by atoms with E-state index in [-0.39, 0.29) is 10.7 Å². The lowest BCUT2D eigenvalue weighted by Gasteiger charge is -2.16. The molecule has 1 aromatic heterocycles. The molecule has 2 heterocycles. The molecule has 0 aliphatic carbocycles. The van der Waals surface area contributed by atoms with E-state index in [4.69, 9.17) is 23.8 Å². The van der Waals surface area contributed by atoms with E-state index in [1.54, 1.807) is 23.0 Å². The van der Waals surface area contributed by atoms with Gasteiger partial charge in [-0.15, -0.1) is 0 Å². The van der Waals surface area contributed by atoms with Crippen molar-refractivity contribution < 1.29 is 9.59 Å². The van der Waals surface area contributed by atoms with Gasteiger partial charge < -0.3 is 0 Å². The minimum absolute atomic E-state index is 0.00714. The molecule has 28 heavy (non-hydrogen) atoms. The van der Waals surface area contributed by atoms with E-state index < -0.39 is 11.8 Å². The average molecular weight is 409 g/mol. The molecule has 1 saturated heterocycles. The Hall–Kier alpha value is -3.29. The average Bonchev–Trinajstić information content (AvgIpc) is 3.10. The molecule has 4 rings (SSSR count). The molecular formula is C20H13ClN4O2S. The Morgan fingerprint density at radius 1 is 0.964 bits per heavy atom. The molecule has 8 heteroatoms. The van der Waals surface area contributed by atoms with Crippen LogP contribution >= 0.6 is 23.8 Å². The van der Waals surface area contributed by atoms with Crippen LogP contribution in [0.5, 0.6) is 0 Å². The first-order chi connectivity index (χ1) is 13.5. The third-order valence-electron chi connectivity index (χ3n) is 4.12. The number of carbonyl (C=O) groups excluding carboxylic acids is 2. The molecule has 0 unspecified atom stereocenters. The second kappa shape index (κ2) is 7.38. The highest BCUT2D eigenvalue weighted by Gasteiger charge is 2.26. The molecule has 3 aromatic rings. The van der Waals surface area contributed by atoms with Crippen LogP contribution in [0.3, 0.4) is 0 Å². The van der Waals surface area contributed by atoms with Crippen molar-refractivity contribution in [3.63, 3.8) is 0 Å². The molecule has 0 bridgehead atoms. The Bertz CT molecular complexity index is 1100. The second-order valence-corrected chi connectivity index (χ2v) is 6.86. The number of aromatic nitrogens is 2. The van der Waals surface area contributed by atoms with E-state index in [1.165, 1.54) is 6.08 Å². The topological polar surface area (TPSA) is 76.0 Å². The number of carbonyl (C=O) groups is 2. The van der Waals surface area contributed by atoms with Crippen molar-refractivity contribution in [1.29, 1.82) is 0 Å². The fraction of sp³-hybridized carbons (Fsp3) is 0. The zero-order valence-electron chi connectivity index (χ0n) is 14.3. The predicted octanol–water partition coefficient (Wildman–Crippen LogP) is 3.11. The SMILES string of the molecule is O=C1NC(=S)NC(=O)C1=Cc1cn(-c2ccc(Cl)cc2)nc1-c1ccccc1. The lowest BCUT2D eigenvalue weighted by Crippen LogP contribution is -2.51. The highest BCUT2D eigenvalue weighted by Crippen LogP contribution is 2.26. The van der Waals surface area contributed by atoms with E-state index in [0.29, 0.717) is 16.3 Å². The minimum atomic E-state index is -0.549. The van der Waals surface area contributed by atoms with E-state index >= 15 is 0 Å². The molecular weight excluding hydrogens is 396 g/mol. The van der Waals surface area contributed by atoms with Crippen molar-refractivity contribution in [2.45, 2.75) is 0 Å². The molecule has 0 radical (unpaired) electrons. The molecule has 6 nitrogen and oxygen atoms in total. The molecule has 2 aromatic carbocycles. The standard InChI is InChI=1S/C20H13ClN4O2S/c21-14-6-8-15(9-7-14)25-11-13(17(24-25)12-4-2-1-3-5-12)10-16-18(26)22-20(28)23-19(16)27/h1-11H,(H2,22,23,26,27,28). The third-order valence-corrected chi connectivity index (χ3v) is 4.58. The molecule has 2 amide bonds. The summed E-state index contributed by atoms with van der Waals surface area (Å²) in [5.74, 6) is -1.10. The monoisotopic (exact) mass is 408 g/mol. The van der Waals surface area contributed by atoms with Gasteiger partial charge >= 0.3 is 0 Å². The summed E-state index contributed by atoms with van der Waals surface area (Å²) in [5.41, 5.74) is 2.87. The van der Waals surface area contributed by atoms with E-state index in [9.17, 15) is 9.59 Å². The van der Waals surface area contributed by atoms with E-state index in [2.05, 4.69) is 15.7 Å². The molecule has 0 saturated carbocycles. The smallest absolute Gasteiger partial charge is 0.263 e. The first-order valence-electron chi connectivity index (χ1n) is 8.30. The number of hydrogen-bond acceptors (Lipinski definition) is 4. The van der Waals surface area contributed by atoms with Crippen molar-refractivity contribution in [2.75, 3.05) is 0 Å². The number of amides is 2. The van der Waals surface area contributed by atoms with Crippen LogP contribution < -0.4 is 10.6 Å². The zero-order chi connectivity index (χ0) is 19.7. The quantitative estimate of drug-likeness (QED) is 0.396. The summed E-state index contributed by atoms with van der Waals surface area (Å²) >= 11 is 10.8. The van der Waals surface area contributed by atoms with Gasteiger partial charge in [0.15, 0.2) is 5.11 Å². The normalized spacial score (nSPS) is 13.9. The maximum Gasteiger partial charge on any atom is 0.263 e. The van der Waals surface area contributed by atoms with Gasteiger partial charge in [-0.05, 0) is 42.6 Å². The number of hydrogen-bond donors (Lipinski definition) is 2. The number of nitrogens with one attached hydrogen (secondary N) is 2. The van der Waals surface area contributed by atoms with Crippen LogP contribution in [0.4, 0.5) is 0 Å². The van der Waals surface area contributed by atoms with Crippen molar-refractivity contribution in [1.82, 2.24) is 20.4 Å². The molecule has 2 N–H and O–H groups in total. The van der Waals surface area contributed by atoms with Crippen LogP contribution in [-0.2, 0) is 9.59 Å². The van der Waals surface area contributed by atoms with Gasteiger partial charge in [-0.25, -0.2) is 4.68 Å². The summed E-state index contributed by atoms with van der Waals surface area (Å²) in [5, 5.41) is 10.1. The first-order valence-corrected chi connectivity index (χ1v) is 9.09. The minimum Gasteiger partial charge on any atom is -0.299 e. The van der Waals surface area contributed by atoms with Gasteiger partial charge in [0.05, 0.1) is 11.4 Å². The molecule has 1 fully saturated rings. The zero-order valence-corrected chi connectivity index (χ0v) is 15.9. The van der Waals surface area contributed by atoms with Gasteiger partial charge in [0.1, 0.15) is 5.57 Å². The van der Waals surface area contributed by atoms with Crippen molar-refractivity contribution >= 4 is 46.8 Å². The van der Waals surface area contributed by atoms with Crippen LogP contribution in [-0.4, -0.2) is 26.7 Å². The highest BCUT2D eigenvalue weighted by atomic mass is 35.5. The van der Waals surface area contributed by atoms with Gasteiger partial charge in [0, 0.05) is 22.3 Å². The maximum absolute atomic E-state index is 12.2. The fourth-order valence-electron chi connectivity index (χ4n) is 2.80. The summed E-state index contributed by atoms with van der Waals surface area (Å²) in [6, 6.07) is 16.7. The Kier molecular flexibility index (Phi) is 4.77. The lowest BCUT2D eigenvalue weighted by molar-refractivity contribution is -0.123. The summed E-state index contributed by atoms with van der Waals surface area (Å²) in [6.07, 6.45) is 3.26. The summed E-state index contributed by atoms with van der Waals surface area (Å²) in [4.78, 5) is 24.4. The van der Waals surface area contributed by atoms with Crippen LogP contribution in [0, 0.1) is 0 Å². The van der Waals surface area contributed by atoms with E-state index in [1.807, 2.05) is 42.5 Å². The Labute approximate surface area is 170 Å². The maximum atomic E-state index is 12.2. The third kappa shape index (κ3) is 3.58. The van der Waals surface area contributed by atoms with Crippen molar-refractivity contribution in [2.24, 2.45) is 0 Å². The Morgan fingerprint density at radius 2 is 1.61 bits per heavy atom. The number of benzene rings is 2. The summed E-state index contributed by atoms with van der Waals surface area (Å²) < 4.78 is 1.67. The largest absolute Gasteiger partial charge is 0.299 e. The molecule has 1 aliphatic rings. The first kappa shape index (κ1) is 18.1. The lowest BCUT2D eigenvalue weighted by atomic mass is 10.0. The van der Waals surface area contributed by atoms with Crippen molar-refractivity contribution in [3.8, 4) is 16.9 Å². The van der Waals surface area contributed by atoms with Crippen LogP contribution in [0.15, 0.2) is 66.4 Å². The van der Waals surface area contributed by atoms with Gasteiger partial charge in [-0.2, -0.15) is 5.10 Å². The van der Waals surface area contributed by atoms with Gasteiger partial charge in [-0.3, -0.25) is 20.2 Å². The van der Waals surface area contributed by atoms with E-state index in [0.717, 1.165) is 11.3 Å². The number of rotatable bonds is 3. The highest BCUT2D eigenvalue weighted by molar-refractivity contribution is 7.80.